The minimum absolute atomic E-state index is 0.0538. The molecule has 5 rings (SSSR count). The van der Waals surface area contributed by atoms with Crippen LogP contribution in [0.25, 0.3) is 11.0 Å². The minimum atomic E-state index is -0.713. The summed E-state index contributed by atoms with van der Waals surface area (Å²) in [5, 5.41) is 0.980. The monoisotopic (exact) mass is 504 g/mol. The van der Waals surface area contributed by atoms with Gasteiger partial charge in [-0.05, 0) is 82.5 Å². The van der Waals surface area contributed by atoms with Gasteiger partial charge in [0.05, 0.1) is 35.9 Å². The zero-order valence-corrected chi connectivity index (χ0v) is 22.0. The van der Waals surface area contributed by atoms with Gasteiger partial charge in [0, 0.05) is 4.88 Å². The molecule has 186 valence electrons. The molecule has 0 saturated heterocycles. The fourth-order valence-corrected chi connectivity index (χ4v) is 5.47. The van der Waals surface area contributed by atoms with Crippen LogP contribution in [0, 0.1) is 27.7 Å². The van der Waals surface area contributed by atoms with E-state index in [-0.39, 0.29) is 17.1 Å². The van der Waals surface area contributed by atoms with Crippen molar-refractivity contribution in [2.75, 3.05) is 18.1 Å². The van der Waals surface area contributed by atoms with Crippen molar-refractivity contribution in [2.45, 2.75) is 47.6 Å². The van der Waals surface area contributed by atoms with Crippen molar-refractivity contribution < 1.29 is 18.7 Å². The molecule has 1 unspecified atom stereocenters. The third-order valence-electron chi connectivity index (χ3n) is 6.59. The van der Waals surface area contributed by atoms with E-state index in [4.69, 9.17) is 13.9 Å². The Hall–Kier alpha value is -3.65. The average molecular weight is 505 g/mol. The van der Waals surface area contributed by atoms with Crippen molar-refractivity contribution in [1.82, 2.24) is 4.98 Å². The number of thiazole rings is 1. The van der Waals surface area contributed by atoms with E-state index in [2.05, 4.69) is 4.98 Å². The van der Waals surface area contributed by atoms with Crippen LogP contribution in [0.5, 0.6) is 11.5 Å². The lowest BCUT2D eigenvalue weighted by Crippen LogP contribution is -2.29. The number of aromatic nitrogens is 1. The third-order valence-corrected chi connectivity index (χ3v) is 7.67. The van der Waals surface area contributed by atoms with Gasteiger partial charge in [-0.15, -0.1) is 11.3 Å². The molecule has 1 atom stereocenters. The number of rotatable bonds is 6. The van der Waals surface area contributed by atoms with E-state index in [1.165, 1.54) is 11.3 Å². The fraction of sp³-hybridized carbons (Fsp3) is 0.321. The molecule has 8 heteroatoms. The Morgan fingerprint density at radius 2 is 1.67 bits per heavy atom. The Morgan fingerprint density at radius 3 is 2.33 bits per heavy atom. The topological polar surface area (TPSA) is 81.9 Å². The van der Waals surface area contributed by atoms with Crippen LogP contribution in [-0.4, -0.2) is 24.1 Å². The highest BCUT2D eigenvalue weighted by molar-refractivity contribution is 7.15. The molecule has 0 N–H and O–H groups in total. The van der Waals surface area contributed by atoms with Gasteiger partial charge < -0.3 is 13.9 Å². The van der Waals surface area contributed by atoms with Crippen LogP contribution in [0.1, 0.15) is 63.3 Å². The van der Waals surface area contributed by atoms with Crippen molar-refractivity contribution in [1.29, 1.82) is 0 Å². The lowest BCUT2D eigenvalue weighted by atomic mass is 9.97. The number of carbonyl (C=O) groups is 1. The summed E-state index contributed by atoms with van der Waals surface area (Å²) in [5.41, 5.74) is 4.04. The Morgan fingerprint density at radius 1 is 0.972 bits per heavy atom. The second-order valence-electron chi connectivity index (χ2n) is 8.89. The second-order valence-corrected chi connectivity index (χ2v) is 10.1. The molecule has 4 aromatic rings. The normalized spacial score (nSPS) is 15.0. The number of anilines is 1. The summed E-state index contributed by atoms with van der Waals surface area (Å²) >= 11 is 1.42. The largest absolute Gasteiger partial charge is 0.490 e. The van der Waals surface area contributed by atoms with Gasteiger partial charge in [0.15, 0.2) is 22.1 Å². The van der Waals surface area contributed by atoms with Crippen molar-refractivity contribution in [3.63, 3.8) is 0 Å². The zero-order valence-electron chi connectivity index (χ0n) is 21.2. The first kappa shape index (κ1) is 24.1. The van der Waals surface area contributed by atoms with Crippen LogP contribution in [0.3, 0.4) is 0 Å². The molecule has 2 aromatic carbocycles. The molecular weight excluding hydrogens is 476 g/mol. The van der Waals surface area contributed by atoms with Crippen LogP contribution in [0.4, 0.5) is 5.13 Å². The Bertz CT molecular complexity index is 1550. The Balaban J connectivity index is 1.79. The molecule has 0 fully saturated rings. The van der Waals surface area contributed by atoms with Gasteiger partial charge in [-0.3, -0.25) is 14.5 Å². The van der Waals surface area contributed by atoms with E-state index in [0.717, 1.165) is 27.3 Å². The smallest absolute Gasteiger partial charge is 0.297 e. The average Bonchev–Trinajstić information content (AvgIpc) is 3.32. The maximum absolute atomic E-state index is 13.9. The van der Waals surface area contributed by atoms with Crippen molar-refractivity contribution in [2.24, 2.45) is 0 Å². The lowest BCUT2D eigenvalue weighted by molar-refractivity contribution is 0.0971. The summed E-state index contributed by atoms with van der Waals surface area (Å²) in [6.45, 7) is 12.5. The highest BCUT2D eigenvalue weighted by atomic mass is 32.1. The molecule has 36 heavy (non-hydrogen) atoms. The molecule has 0 spiro atoms. The number of ether oxygens (including phenoxy) is 2. The predicted molar refractivity (Wildman–Crippen MR) is 141 cm³/mol. The number of fused-ring (bicyclic) bond motifs is 2. The highest BCUT2D eigenvalue weighted by Crippen LogP contribution is 2.44. The predicted octanol–water partition coefficient (Wildman–Crippen LogP) is 6.03. The molecule has 1 aliphatic heterocycles. The SMILES string of the molecule is CCOc1ccc(C2c3c(oc4cc(C)c(C)cc4c3=O)C(=O)N2c2nc(C)c(C)s2)cc1OCC. The maximum Gasteiger partial charge on any atom is 0.297 e. The number of benzene rings is 2. The number of amides is 1. The fourth-order valence-electron chi connectivity index (χ4n) is 4.54. The second kappa shape index (κ2) is 9.09. The zero-order chi connectivity index (χ0) is 25.7. The standard InChI is InChI=1S/C28H28N2O5S/c1-7-33-20-10-9-18(13-22(20)34-8-2)24-23-25(31)19-11-14(3)15(4)12-21(19)35-26(23)27(32)30(24)28-29-16(5)17(6)36-28/h9-13,24H,7-8H2,1-6H3. The summed E-state index contributed by atoms with van der Waals surface area (Å²) in [6.07, 6.45) is 0. The molecular formula is C28H28N2O5S. The number of hydrogen-bond acceptors (Lipinski definition) is 7. The molecule has 0 aliphatic carbocycles. The van der Waals surface area contributed by atoms with E-state index in [1.807, 2.05) is 71.9 Å². The summed E-state index contributed by atoms with van der Waals surface area (Å²) in [5.74, 6) is 0.837. The summed E-state index contributed by atoms with van der Waals surface area (Å²) < 4.78 is 17.7. The number of hydrogen-bond donors (Lipinski definition) is 0. The van der Waals surface area contributed by atoms with Crippen LogP contribution in [0.2, 0.25) is 0 Å². The van der Waals surface area contributed by atoms with Gasteiger partial charge in [0.1, 0.15) is 5.58 Å². The van der Waals surface area contributed by atoms with Crippen molar-refractivity contribution in [3.8, 4) is 11.5 Å². The maximum atomic E-state index is 13.9. The van der Waals surface area contributed by atoms with E-state index < -0.39 is 6.04 Å². The van der Waals surface area contributed by atoms with Crippen molar-refractivity contribution >= 4 is 33.3 Å². The van der Waals surface area contributed by atoms with Gasteiger partial charge in [0.2, 0.25) is 5.76 Å². The number of aryl methyl sites for hydroxylation is 4. The number of carbonyl (C=O) groups excluding carboxylic acids is 1. The molecule has 1 aliphatic rings. The minimum Gasteiger partial charge on any atom is -0.490 e. The van der Waals surface area contributed by atoms with Gasteiger partial charge in [-0.1, -0.05) is 6.07 Å². The van der Waals surface area contributed by atoms with Crippen LogP contribution in [-0.2, 0) is 0 Å². The van der Waals surface area contributed by atoms with Crippen LogP contribution < -0.4 is 19.8 Å². The van der Waals surface area contributed by atoms with Gasteiger partial charge >= 0.3 is 0 Å². The van der Waals surface area contributed by atoms with E-state index in [1.54, 1.807) is 4.90 Å². The summed E-state index contributed by atoms with van der Waals surface area (Å²) in [6, 6.07) is 8.46. The molecule has 0 saturated carbocycles. The van der Waals surface area contributed by atoms with Gasteiger partial charge in [-0.2, -0.15) is 0 Å². The van der Waals surface area contributed by atoms with Gasteiger partial charge in [-0.25, -0.2) is 4.98 Å². The third kappa shape index (κ3) is 3.76. The first-order valence-electron chi connectivity index (χ1n) is 12.0. The molecule has 7 nitrogen and oxygen atoms in total. The van der Waals surface area contributed by atoms with E-state index in [9.17, 15) is 9.59 Å². The Labute approximate surface area is 213 Å². The first-order valence-corrected chi connectivity index (χ1v) is 12.8. The number of nitrogens with zero attached hydrogens (tertiary/aromatic N) is 2. The van der Waals surface area contributed by atoms with E-state index >= 15 is 0 Å². The molecule has 1 amide bonds. The van der Waals surface area contributed by atoms with Crippen molar-refractivity contribution in [3.05, 3.63) is 79.1 Å². The molecule has 0 radical (unpaired) electrons. The lowest BCUT2D eigenvalue weighted by Gasteiger charge is -2.23. The molecule has 3 heterocycles. The summed E-state index contributed by atoms with van der Waals surface area (Å²) in [4.78, 5) is 35.0. The quantitative estimate of drug-likeness (QED) is 0.319. The molecule has 0 bridgehead atoms. The Kier molecular flexibility index (Phi) is 6.08. The van der Waals surface area contributed by atoms with Crippen LogP contribution in [0.15, 0.2) is 39.5 Å². The molecule has 2 aromatic heterocycles. The van der Waals surface area contributed by atoms with Gasteiger partial charge in [0.25, 0.3) is 5.91 Å². The highest BCUT2D eigenvalue weighted by Gasteiger charge is 2.45. The van der Waals surface area contributed by atoms with Crippen LogP contribution >= 0.6 is 11.3 Å². The summed E-state index contributed by atoms with van der Waals surface area (Å²) in [7, 11) is 0. The first-order chi connectivity index (χ1) is 17.2. The van der Waals surface area contributed by atoms with E-state index in [0.29, 0.717) is 46.4 Å².